The fourth-order valence-electron chi connectivity index (χ4n) is 2.02. The van der Waals surface area contributed by atoms with Gasteiger partial charge in [0.15, 0.2) is 0 Å². The van der Waals surface area contributed by atoms with Gasteiger partial charge in [0.05, 0.1) is 10.8 Å². The third-order valence-electron chi connectivity index (χ3n) is 3.05. The Labute approximate surface area is 130 Å². The number of amides is 1. The van der Waals surface area contributed by atoms with Gasteiger partial charge in [-0.1, -0.05) is 11.6 Å². The van der Waals surface area contributed by atoms with E-state index in [1.54, 1.807) is 6.92 Å². The lowest BCUT2D eigenvalue weighted by atomic mass is 10.1. The number of rotatable bonds is 4. The van der Waals surface area contributed by atoms with Crippen LogP contribution in [-0.4, -0.2) is 48.8 Å². The summed E-state index contributed by atoms with van der Waals surface area (Å²) in [5.74, 6) is -1.84. The van der Waals surface area contributed by atoms with Crippen molar-refractivity contribution in [2.75, 3.05) is 13.1 Å². The van der Waals surface area contributed by atoms with E-state index in [2.05, 4.69) is 5.32 Å². The molecule has 7 nitrogen and oxygen atoms in total. The highest BCUT2D eigenvalue weighted by atomic mass is 35.5. The van der Waals surface area contributed by atoms with Crippen molar-refractivity contribution in [2.24, 2.45) is 0 Å². The summed E-state index contributed by atoms with van der Waals surface area (Å²) in [5, 5.41) is 11.3. The molecule has 21 heavy (non-hydrogen) atoms. The molecule has 1 amide bonds. The van der Waals surface area contributed by atoms with Crippen LogP contribution in [0, 0.1) is 6.92 Å². The first-order valence-corrected chi connectivity index (χ1v) is 8.64. The SMILES string of the molecule is Cc1cc(S(=O)(=O)N2CCNC(=O)C2CC(=O)O)sc1Cl. The monoisotopic (exact) mass is 352 g/mol. The second-order valence-electron chi connectivity index (χ2n) is 4.54. The van der Waals surface area contributed by atoms with Crippen LogP contribution in [0.5, 0.6) is 0 Å². The Morgan fingerprint density at radius 3 is 2.81 bits per heavy atom. The van der Waals surface area contributed by atoms with E-state index >= 15 is 0 Å². The van der Waals surface area contributed by atoms with Gasteiger partial charge >= 0.3 is 5.97 Å². The molecule has 1 saturated heterocycles. The minimum absolute atomic E-state index is 0.00934. The predicted octanol–water partition coefficient (Wildman–Crippen LogP) is 0.674. The van der Waals surface area contributed by atoms with Crippen molar-refractivity contribution >= 4 is 44.8 Å². The largest absolute Gasteiger partial charge is 0.481 e. The Hall–Kier alpha value is -1.16. The van der Waals surface area contributed by atoms with E-state index in [0.717, 1.165) is 15.6 Å². The number of aryl methyl sites for hydroxylation is 1. The molecule has 10 heteroatoms. The van der Waals surface area contributed by atoms with Crippen molar-refractivity contribution in [3.63, 3.8) is 0 Å². The summed E-state index contributed by atoms with van der Waals surface area (Å²) in [5.41, 5.74) is 0.622. The topological polar surface area (TPSA) is 104 Å². The van der Waals surface area contributed by atoms with Crippen LogP contribution in [0.2, 0.25) is 4.34 Å². The Bertz CT molecular complexity index is 665. The maximum atomic E-state index is 12.6. The van der Waals surface area contributed by atoms with Crippen molar-refractivity contribution < 1.29 is 23.1 Å². The number of carboxylic acid groups (broad SMARTS) is 1. The highest BCUT2D eigenvalue weighted by Gasteiger charge is 2.40. The van der Waals surface area contributed by atoms with Crippen molar-refractivity contribution in [2.45, 2.75) is 23.6 Å². The van der Waals surface area contributed by atoms with Gasteiger partial charge in [-0.2, -0.15) is 4.31 Å². The fourth-order valence-corrected chi connectivity index (χ4v) is 5.44. The van der Waals surface area contributed by atoms with Gasteiger partial charge in [-0.05, 0) is 18.6 Å². The average Bonchev–Trinajstić information content (AvgIpc) is 2.72. The molecule has 1 aromatic rings. The summed E-state index contributed by atoms with van der Waals surface area (Å²) in [6.45, 7) is 1.85. The molecule has 1 atom stereocenters. The minimum atomic E-state index is -3.95. The Morgan fingerprint density at radius 1 is 1.62 bits per heavy atom. The number of nitrogens with one attached hydrogen (secondary N) is 1. The molecule has 1 unspecified atom stereocenters. The zero-order valence-corrected chi connectivity index (χ0v) is 13.4. The minimum Gasteiger partial charge on any atom is -0.481 e. The molecule has 0 bridgehead atoms. The molecule has 0 radical (unpaired) electrons. The number of aliphatic carboxylic acids is 1. The Kier molecular flexibility index (Phi) is 4.57. The zero-order chi connectivity index (χ0) is 15.8. The van der Waals surface area contributed by atoms with E-state index in [0.29, 0.717) is 9.90 Å². The number of carbonyl (C=O) groups excluding carboxylic acids is 1. The van der Waals surface area contributed by atoms with Gasteiger partial charge in [0.1, 0.15) is 10.3 Å². The van der Waals surface area contributed by atoms with Gasteiger partial charge in [-0.25, -0.2) is 8.42 Å². The molecule has 2 heterocycles. The second-order valence-corrected chi connectivity index (χ2v) is 8.31. The lowest BCUT2D eigenvalue weighted by Gasteiger charge is -2.32. The molecule has 0 aliphatic carbocycles. The number of piperazine rings is 1. The van der Waals surface area contributed by atoms with Crippen LogP contribution in [0.25, 0.3) is 0 Å². The smallest absolute Gasteiger partial charge is 0.305 e. The number of halogens is 1. The Morgan fingerprint density at radius 2 is 2.29 bits per heavy atom. The molecular formula is C11H13ClN2O5S2. The first-order chi connectivity index (χ1) is 9.73. The van der Waals surface area contributed by atoms with Crippen LogP contribution in [0.15, 0.2) is 10.3 Å². The molecule has 0 spiro atoms. The molecule has 1 aliphatic rings. The highest BCUT2D eigenvalue weighted by molar-refractivity contribution is 7.91. The number of carboxylic acids is 1. The van der Waals surface area contributed by atoms with Crippen molar-refractivity contribution in [1.29, 1.82) is 0 Å². The van der Waals surface area contributed by atoms with E-state index in [1.807, 2.05) is 0 Å². The van der Waals surface area contributed by atoms with Crippen molar-refractivity contribution in [3.05, 3.63) is 16.0 Å². The van der Waals surface area contributed by atoms with E-state index in [-0.39, 0.29) is 17.3 Å². The second kappa shape index (κ2) is 5.91. The number of hydrogen-bond acceptors (Lipinski definition) is 5. The third-order valence-corrected chi connectivity index (χ3v) is 6.96. The van der Waals surface area contributed by atoms with Gasteiger partial charge in [0, 0.05) is 13.1 Å². The van der Waals surface area contributed by atoms with E-state index < -0.39 is 34.4 Å². The summed E-state index contributed by atoms with van der Waals surface area (Å²) in [6.07, 6.45) is -0.580. The van der Waals surface area contributed by atoms with Crippen molar-refractivity contribution in [1.82, 2.24) is 9.62 Å². The molecule has 1 aromatic heterocycles. The maximum Gasteiger partial charge on any atom is 0.305 e. The summed E-state index contributed by atoms with van der Waals surface area (Å²) >= 11 is 6.78. The van der Waals surface area contributed by atoms with Gasteiger partial charge < -0.3 is 10.4 Å². The average molecular weight is 353 g/mol. The summed E-state index contributed by atoms with van der Waals surface area (Å²) < 4.78 is 26.5. The Balaban J connectivity index is 2.40. The van der Waals surface area contributed by atoms with Crippen LogP contribution in [0.4, 0.5) is 0 Å². The number of hydrogen-bond donors (Lipinski definition) is 2. The zero-order valence-electron chi connectivity index (χ0n) is 11.0. The van der Waals surface area contributed by atoms with Gasteiger partial charge in [0.2, 0.25) is 5.91 Å². The number of sulfonamides is 1. The van der Waals surface area contributed by atoms with Crippen LogP contribution in [0.3, 0.4) is 0 Å². The third kappa shape index (κ3) is 3.20. The predicted molar refractivity (Wildman–Crippen MR) is 77.0 cm³/mol. The molecule has 2 N–H and O–H groups in total. The number of nitrogens with zero attached hydrogens (tertiary/aromatic N) is 1. The number of carbonyl (C=O) groups is 2. The molecule has 0 aromatic carbocycles. The molecular weight excluding hydrogens is 340 g/mol. The van der Waals surface area contributed by atoms with Crippen LogP contribution in [-0.2, 0) is 19.6 Å². The fraction of sp³-hybridized carbons (Fsp3) is 0.455. The molecule has 1 fully saturated rings. The van der Waals surface area contributed by atoms with Crippen LogP contribution >= 0.6 is 22.9 Å². The molecule has 116 valence electrons. The molecule has 0 saturated carbocycles. The van der Waals surface area contributed by atoms with Crippen molar-refractivity contribution in [3.8, 4) is 0 Å². The van der Waals surface area contributed by atoms with E-state index in [1.165, 1.54) is 6.07 Å². The molecule has 1 aliphatic heterocycles. The van der Waals surface area contributed by atoms with Gasteiger partial charge in [0.25, 0.3) is 10.0 Å². The van der Waals surface area contributed by atoms with Crippen LogP contribution < -0.4 is 5.32 Å². The quantitative estimate of drug-likeness (QED) is 0.829. The van der Waals surface area contributed by atoms with Crippen LogP contribution in [0.1, 0.15) is 12.0 Å². The maximum absolute atomic E-state index is 12.6. The van der Waals surface area contributed by atoms with E-state index in [4.69, 9.17) is 16.7 Å². The normalized spacial score (nSPS) is 20.3. The lowest BCUT2D eigenvalue weighted by Crippen LogP contribution is -2.57. The molecule has 2 rings (SSSR count). The van der Waals surface area contributed by atoms with E-state index in [9.17, 15) is 18.0 Å². The van der Waals surface area contributed by atoms with Gasteiger partial charge in [-0.15, -0.1) is 11.3 Å². The summed E-state index contributed by atoms with van der Waals surface area (Å²) in [4.78, 5) is 22.6. The lowest BCUT2D eigenvalue weighted by molar-refractivity contribution is -0.141. The first kappa shape index (κ1) is 16.2. The summed E-state index contributed by atoms with van der Waals surface area (Å²) in [6, 6.07) is 0.176. The highest BCUT2D eigenvalue weighted by Crippen LogP contribution is 2.33. The standard InChI is InChI=1S/C11H13ClN2O5S2/c1-6-4-9(20-10(6)12)21(18,19)14-3-2-13-11(17)7(14)5-8(15)16/h4,7H,2-3,5H2,1H3,(H,13,17)(H,15,16). The first-order valence-electron chi connectivity index (χ1n) is 6.00. The van der Waals surface area contributed by atoms with Gasteiger partial charge in [-0.3, -0.25) is 9.59 Å². The summed E-state index contributed by atoms with van der Waals surface area (Å²) in [7, 11) is -3.95. The number of thiophene rings is 1.